The molecule has 0 saturated carbocycles. The zero-order valence-electron chi connectivity index (χ0n) is 7.10. The number of benzene rings is 1. The second kappa shape index (κ2) is 3.62. The van der Waals surface area contributed by atoms with E-state index in [0.29, 0.717) is 5.82 Å². The van der Waals surface area contributed by atoms with E-state index in [2.05, 4.69) is 14.7 Å². The fourth-order valence-corrected chi connectivity index (χ4v) is 1.45. The lowest BCUT2D eigenvalue weighted by Gasteiger charge is -1.96. The monoisotopic (exact) mass is 192 g/mol. The smallest absolute Gasteiger partial charge is 0.214 e. The third-order valence-corrected chi connectivity index (χ3v) is 2.45. The largest absolute Gasteiger partial charge is 0.342 e. The SMILES string of the molecule is CSc1ccc(-c2ncon2)cc1. The highest BCUT2D eigenvalue weighted by molar-refractivity contribution is 7.98. The summed E-state index contributed by atoms with van der Waals surface area (Å²) in [7, 11) is 0. The zero-order chi connectivity index (χ0) is 9.10. The Morgan fingerprint density at radius 2 is 2.00 bits per heavy atom. The molecule has 0 fully saturated rings. The molecule has 0 aliphatic heterocycles. The fraction of sp³-hybridized carbons (Fsp3) is 0.111. The normalized spacial score (nSPS) is 10.2. The van der Waals surface area contributed by atoms with Crippen LogP contribution in [-0.4, -0.2) is 16.4 Å². The van der Waals surface area contributed by atoms with Crippen molar-refractivity contribution < 1.29 is 4.52 Å². The molecule has 1 aromatic heterocycles. The molecule has 0 N–H and O–H groups in total. The molecule has 4 heteroatoms. The number of thioether (sulfide) groups is 1. The summed E-state index contributed by atoms with van der Waals surface area (Å²) in [5.41, 5.74) is 0.978. The van der Waals surface area contributed by atoms with Crippen molar-refractivity contribution in [1.82, 2.24) is 10.1 Å². The third-order valence-electron chi connectivity index (χ3n) is 1.71. The minimum absolute atomic E-state index is 0.632. The van der Waals surface area contributed by atoms with Crippen LogP contribution in [0, 0.1) is 0 Å². The molecule has 1 heterocycles. The van der Waals surface area contributed by atoms with Crippen LogP contribution < -0.4 is 0 Å². The van der Waals surface area contributed by atoms with Crippen molar-refractivity contribution in [3.05, 3.63) is 30.7 Å². The molecule has 1 aromatic carbocycles. The summed E-state index contributed by atoms with van der Waals surface area (Å²) in [6.45, 7) is 0. The molecule has 0 amide bonds. The Hall–Kier alpha value is -1.29. The van der Waals surface area contributed by atoms with Gasteiger partial charge in [-0.15, -0.1) is 11.8 Å². The summed E-state index contributed by atoms with van der Waals surface area (Å²) in [4.78, 5) is 5.19. The summed E-state index contributed by atoms with van der Waals surface area (Å²) in [5, 5.41) is 3.75. The van der Waals surface area contributed by atoms with Crippen LogP contribution in [0.4, 0.5) is 0 Å². The average Bonchev–Trinajstić information content (AvgIpc) is 2.71. The molecule has 0 saturated heterocycles. The molecule has 0 aliphatic carbocycles. The first-order valence-corrected chi connectivity index (χ1v) is 5.03. The van der Waals surface area contributed by atoms with Gasteiger partial charge in [-0.1, -0.05) is 5.16 Å². The highest BCUT2D eigenvalue weighted by Crippen LogP contribution is 2.19. The van der Waals surface area contributed by atoms with Crippen LogP contribution in [0.25, 0.3) is 11.4 Å². The Morgan fingerprint density at radius 1 is 1.23 bits per heavy atom. The number of nitrogens with zero attached hydrogens (tertiary/aromatic N) is 2. The Morgan fingerprint density at radius 3 is 2.54 bits per heavy atom. The molecule has 66 valence electrons. The van der Waals surface area contributed by atoms with Crippen LogP contribution in [-0.2, 0) is 0 Å². The molecule has 0 radical (unpaired) electrons. The van der Waals surface area contributed by atoms with Gasteiger partial charge in [0.2, 0.25) is 12.2 Å². The Balaban J connectivity index is 2.33. The van der Waals surface area contributed by atoms with Crippen LogP contribution in [0.5, 0.6) is 0 Å². The first-order valence-electron chi connectivity index (χ1n) is 3.81. The molecule has 13 heavy (non-hydrogen) atoms. The Kier molecular flexibility index (Phi) is 2.31. The number of hydrogen-bond donors (Lipinski definition) is 0. The molecule has 0 atom stereocenters. The molecule has 0 aliphatic rings. The molecule has 0 unspecified atom stereocenters. The van der Waals surface area contributed by atoms with Gasteiger partial charge in [0.15, 0.2) is 0 Å². The predicted octanol–water partition coefficient (Wildman–Crippen LogP) is 2.46. The van der Waals surface area contributed by atoms with Gasteiger partial charge in [0, 0.05) is 10.5 Å². The molecule has 0 bridgehead atoms. The van der Waals surface area contributed by atoms with E-state index in [4.69, 9.17) is 0 Å². The van der Waals surface area contributed by atoms with E-state index in [1.807, 2.05) is 30.5 Å². The fourth-order valence-electron chi connectivity index (χ4n) is 1.04. The second-order valence-corrected chi connectivity index (χ2v) is 3.36. The summed E-state index contributed by atoms with van der Waals surface area (Å²) in [6.07, 6.45) is 3.38. The van der Waals surface area contributed by atoms with Gasteiger partial charge in [-0.05, 0) is 30.5 Å². The van der Waals surface area contributed by atoms with Gasteiger partial charge >= 0.3 is 0 Å². The molecule has 3 nitrogen and oxygen atoms in total. The average molecular weight is 192 g/mol. The number of rotatable bonds is 2. The van der Waals surface area contributed by atoms with Crippen molar-refractivity contribution in [1.29, 1.82) is 0 Å². The summed E-state index contributed by atoms with van der Waals surface area (Å²) in [5.74, 6) is 0.632. The van der Waals surface area contributed by atoms with E-state index < -0.39 is 0 Å². The van der Waals surface area contributed by atoms with Gasteiger partial charge in [-0.25, -0.2) is 0 Å². The highest BCUT2D eigenvalue weighted by Gasteiger charge is 2.01. The molecular formula is C9H8N2OS. The third kappa shape index (κ3) is 1.72. The van der Waals surface area contributed by atoms with Crippen molar-refractivity contribution in [2.75, 3.05) is 6.26 Å². The first kappa shape index (κ1) is 8.31. The van der Waals surface area contributed by atoms with Crippen molar-refractivity contribution in [3.8, 4) is 11.4 Å². The van der Waals surface area contributed by atoms with E-state index in [1.165, 1.54) is 11.3 Å². The van der Waals surface area contributed by atoms with E-state index in [9.17, 15) is 0 Å². The molecular weight excluding hydrogens is 184 g/mol. The minimum atomic E-state index is 0.632. The van der Waals surface area contributed by atoms with Gasteiger partial charge in [0.25, 0.3) is 0 Å². The number of hydrogen-bond acceptors (Lipinski definition) is 4. The van der Waals surface area contributed by atoms with E-state index in [-0.39, 0.29) is 0 Å². The van der Waals surface area contributed by atoms with Crippen molar-refractivity contribution in [3.63, 3.8) is 0 Å². The van der Waals surface area contributed by atoms with Gasteiger partial charge in [-0.3, -0.25) is 0 Å². The lowest BCUT2D eigenvalue weighted by molar-refractivity contribution is 0.419. The van der Waals surface area contributed by atoms with Crippen LogP contribution in [0.15, 0.2) is 40.1 Å². The van der Waals surface area contributed by atoms with Crippen LogP contribution in [0.1, 0.15) is 0 Å². The van der Waals surface area contributed by atoms with E-state index >= 15 is 0 Å². The van der Waals surface area contributed by atoms with Crippen LogP contribution in [0.3, 0.4) is 0 Å². The van der Waals surface area contributed by atoms with E-state index in [1.54, 1.807) is 11.8 Å². The van der Waals surface area contributed by atoms with Crippen molar-refractivity contribution in [2.24, 2.45) is 0 Å². The second-order valence-electron chi connectivity index (χ2n) is 2.48. The Labute approximate surface area is 80.2 Å². The molecule has 2 aromatic rings. The number of aromatic nitrogens is 2. The lowest BCUT2D eigenvalue weighted by Crippen LogP contribution is -1.79. The van der Waals surface area contributed by atoms with Crippen molar-refractivity contribution in [2.45, 2.75) is 4.90 Å². The highest BCUT2D eigenvalue weighted by atomic mass is 32.2. The van der Waals surface area contributed by atoms with Crippen LogP contribution >= 0.6 is 11.8 Å². The summed E-state index contributed by atoms with van der Waals surface area (Å²) >= 11 is 1.71. The summed E-state index contributed by atoms with van der Waals surface area (Å²) < 4.78 is 4.66. The lowest BCUT2D eigenvalue weighted by atomic mass is 10.2. The first-order chi connectivity index (χ1) is 6.40. The molecule has 2 rings (SSSR count). The quantitative estimate of drug-likeness (QED) is 0.685. The van der Waals surface area contributed by atoms with Crippen molar-refractivity contribution >= 4 is 11.8 Å². The maximum atomic E-state index is 4.66. The maximum absolute atomic E-state index is 4.66. The zero-order valence-corrected chi connectivity index (χ0v) is 7.91. The molecule has 0 spiro atoms. The standard InChI is InChI=1S/C9H8N2OS/c1-13-8-4-2-7(3-5-8)9-10-6-12-11-9/h2-6H,1H3. The topological polar surface area (TPSA) is 38.9 Å². The predicted molar refractivity (Wildman–Crippen MR) is 51.5 cm³/mol. The minimum Gasteiger partial charge on any atom is -0.342 e. The van der Waals surface area contributed by atoms with Gasteiger partial charge < -0.3 is 4.52 Å². The van der Waals surface area contributed by atoms with Gasteiger partial charge in [-0.2, -0.15) is 4.98 Å². The van der Waals surface area contributed by atoms with Gasteiger partial charge in [0.1, 0.15) is 0 Å². The maximum Gasteiger partial charge on any atom is 0.214 e. The van der Waals surface area contributed by atoms with Gasteiger partial charge in [0.05, 0.1) is 0 Å². The van der Waals surface area contributed by atoms with E-state index in [0.717, 1.165) is 5.56 Å². The summed E-state index contributed by atoms with van der Waals surface area (Å²) in [6, 6.07) is 8.04. The van der Waals surface area contributed by atoms with Crippen LogP contribution in [0.2, 0.25) is 0 Å². The Bertz CT molecular complexity index is 369.